The van der Waals surface area contributed by atoms with Gasteiger partial charge in [0.1, 0.15) is 5.69 Å². The van der Waals surface area contributed by atoms with Crippen molar-refractivity contribution in [1.82, 2.24) is 4.57 Å². The second kappa shape index (κ2) is 7.51. The first-order valence-corrected chi connectivity index (χ1v) is 9.35. The summed E-state index contributed by atoms with van der Waals surface area (Å²) in [5, 5.41) is 3.31. The van der Waals surface area contributed by atoms with Gasteiger partial charge in [-0.15, -0.1) is 0 Å². The number of hydrogen-bond acceptors (Lipinski definition) is 1. The minimum atomic E-state index is -4.63. The molecule has 2 aromatic carbocycles. The van der Waals surface area contributed by atoms with Crippen molar-refractivity contribution in [3.8, 4) is 0 Å². The molecule has 0 saturated heterocycles. The molecule has 0 aliphatic rings. The van der Waals surface area contributed by atoms with Crippen molar-refractivity contribution < 1.29 is 18.0 Å². The van der Waals surface area contributed by atoms with E-state index >= 15 is 0 Å². The monoisotopic (exact) mass is 408 g/mol. The van der Waals surface area contributed by atoms with Crippen LogP contribution in [0.2, 0.25) is 5.02 Å². The molecule has 0 fully saturated rings. The first-order valence-electron chi connectivity index (χ1n) is 8.97. The van der Waals surface area contributed by atoms with Gasteiger partial charge in [-0.2, -0.15) is 13.2 Å². The Morgan fingerprint density at radius 3 is 2.46 bits per heavy atom. The van der Waals surface area contributed by atoms with E-state index in [0.29, 0.717) is 12.2 Å². The molecule has 3 nitrogen and oxygen atoms in total. The molecule has 1 N–H and O–H groups in total. The molecule has 3 rings (SSSR count). The van der Waals surface area contributed by atoms with Gasteiger partial charge in [0.05, 0.1) is 11.3 Å². The number of aryl methyl sites for hydroxylation is 3. The Morgan fingerprint density at radius 2 is 1.86 bits per heavy atom. The van der Waals surface area contributed by atoms with Crippen LogP contribution < -0.4 is 5.32 Å². The molecule has 1 aromatic heterocycles. The third-order valence-corrected chi connectivity index (χ3v) is 5.09. The van der Waals surface area contributed by atoms with E-state index in [1.807, 2.05) is 43.5 Å². The molecule has 0 aliphatic carbocycles. The zero-order valence-electron chi connectivity index (χ0n) is 15.7. The number of alkyl halides is 3. The van der Waals surface area contributed by atoms with Crippen LogP contribution in [0.1, 0.15) is 41.0 Å². The standard InChI is InChI=1S/C21H20ClF3N2O/c1-4-13-6-9-18-15(10-13)12(3)19(27(18)5-2)20(28)26-17-8-7-14(22)11-16(17)21(23,24)25/h6-11H,4-5H2,1-3H3,(H,26,28). The summed E-state index contributed by atoms with van der Waals surface area (Å²) in [4.78, 5) is 13.0. The molecule has 0 bridgehead atoms. The van der Waals surface area contributed by atoms with Crippen molar-refractivity contribution in [2.45, 2.75) is 39.9 Å². The number of fused-ring (bicyclic) bond motifs is 1. The number of anilines is 1. The number of amides is 1. The van der Waals surface area contributed by atoms with E-state index < -0.39 is 17.6 Å². The van der Waals surface area contributed by atoms with Crippen molar-refractivity contribution in [2.75, 3.05) is 5.32 Å². The van der Waals surface area contributed by atoms with Crippen molar-refractivity contribution in [3.05, 3.63) is 63.8 Å². The zero-order chi connectivity index (χ0) is 20.6. The fraction of sp³-hybridized carbons (Fsp3) is 0.286. The third-order valence-electron chi connectivity index (χ3n) is 4.86. The molecule has 1 amide bonds. The second-order valence-corrected chi connectivity index (χ2v) is 7.00. The predicted molar refractivity (Wildman–Crippen MR) is 106 cm³/mol. The van der Waals surface area contributed by atoms with Crippen molar-refractivity contribution >= 4 is 34.1 Å². The Kier molecular flexibility index (Phi) is 5.44. The summed E-state index contributed by atoms with van der Waals surface area (Å²) >= 11 is 5.71. The summed E-state index contributed by atoms with van der Waals surface area (Å²) in [6, 6.07) is 9.28. The summed E-state index contributed by atoms with van der Waals surface area (Å²) in [5.41, 5.74) is 1.82. The topological polar surface area (TPSA) is 34.0 Å². The van der Waals surface area contributed by atoms with Gasteiger partial charge in [-0.1, -0.05) is 24.6 Å². The smallest absolute Gasteiger partial charge is 0.337 e. The third kappa shape index (κ3) is 3.61. The van der Waals surface area contributed by atoms with Crippen LogP contribution in [0.25, 0.3) is 10.9 Å². The minimum absolute atomic E-state index is 0.0451. The van der Waals surface area contributed by atoms with Crippen LogP contribution in [0, 0.1) is 6.92 Å². The maximum Gasteiger partial charge on any atom is 0.418 e. The number of carbonyl (C=O) groups is 1. The summed E-state index contributed by atoms with van der Waals surface area (Å²) in [5.74, 6) is -0.582. The number of hydrogen-bond donors (Lipinski definition) is 1. The SMILES string of the molecule is CCc1ccc2c(c1)c(C)c(C(=O)Nc1ccc(Cl)cc1C(F)(F)F)n2CC. The van der Waals surface area contributed by atoms with Gasteiger partial charge in [-0.25, -0.2) is 0 Å². The highest BCUT2D eigenvalue weighted by Gasteiger charge is 2.34. The minimum Gasteiger partial charge on any atom is -0.337 e. The number of aromatic nitrogens is 1. The Labute approximate surface area is 166 Å². The van der Waals surface area contributed by atoms with Gasteiger partial charge in [-0.3, -0.25) is 4.79 Å². The molecule has 28 heavy (non-hydrogen) atoms. The Balaban J connectivity index is 2.09. The van der Waals surface area contributed by atoms with E-state index in [1.165, 1.54) is 12.1 Å². The maximum atomic E-state index is 13.3. The Hall–Kier alpha value is -2.47. The van der Waals surface area contributed by atoms with Gasteiger partial charge in [0.15, 0.2) is 0 Å². The van der Waals surface area contributed by atoms with Crippen molar-refractivity contribution in [2.24, 2.45) is 0 Å². The van der Waals surface area contributed by atoms with Crippen LogP contribution in [0.5, 0.6) is 0 Å². The van der Waals surface area contributed by atoms with Crippen LogP contribution in [0.3, 0.4) is 0 Å². The van der Waals surface area contributed by atoms with Gasteiger partial charge < -0.3 is 9.88 Å². The molecule has 3 aromatic rings. The summed E-state index contributed by atoms with van der Waals surface area (Å²) in [7, 11) is 0. The second-order valence-electron chi connectivity index (χ2n) is 6.56. The van der Waals surface area contributed by atoms with E-state index in [9.17, 15) is 18.0 Å². The molecule has 0 atom stereocenters. The van der Waals surface area contributed by atoms with E-state index in [2.05, 4.69) is 5.32 Å². The predicted octanol–water partition coefficient (Wildman–Crippen LogP) is 6.46. The average molecular weight is 409 g/mol. The highest BCUT2D eigenvalue weighted by atomic mass is 35.5. The van der Waals surface area contributed by atoms with Crippen LogP contribution in [0.4, 0.5) is 18.9 Å². The lowest BCUT2D eigenvalue weighted by Crippen LogP contribution is -2.20. The maximum absolute atomic E-state index is 13.3. The molecular formula is C21H20ClF3N2O. The molecule has 7 heteroatoms. The lowest BCUT2D eigenvalue weighted by molar-refractivity contribution is -0.136. The molecule has 0 spiro atoms. The lowest BCUT2D eigenvalue weighted by Gasteiger charge is -2.15. The molecule has 0 saturated carbocycles. The van der Waals surface area contributed by atoms with Gasteiger partial charge >= 0.3 is 6.18 Å². The molecular weight excluding hydrogens is 389 g/mol. The van der Waals surface area contributed by atoms with Crippen LogP contribution in [-0.2, 0) is 19.1 Å². The number of benzene rings is 2. The number of nitrogens with one attached hydrogen (secondary N) is 1. The number of rotatable bonds is 4. The zero-order valence-corrected chi connectivity index (χ0v) is 16.5. The quantitative estimate of drug-likeness (QED) is 0.528. The normalized spacial score (nSPS) is 11.8. The fourth-order valence-corrected chi connectivity index (χ4v) is 3.62. The lowest BCUT2D eigenvalue weighted by atomic mass is 10.1. The van der Waals surface area contributed by atoms with Gasteiger partial charge in [0.25, 0.3) is 5.91 Å². The summed E-state index contributed by atoms with van der Waals surface area (Å²) in [6.07, 6.45) is -3.77. The van der Waals surface area contributed by atoms with Crippen LogP contribution >= 0.6 is 11.6 Å². The number of halogens is 4. The van der Waals surface area contributed by atoms with E-state index in [4.69, 9.17) is 11.6 Å². The van der Waals surface area contributed by atoms with E-state index in [1.54, 1.807) is 0 Å². The summed E-state index contributed by atoms with van der Waals surface area (Å²) in [6.45, 7) is 6.27. The van der Waals surface area contributed by atoms with E-state index in [0.717, 1.165) is 34.5 Å². The molecule has 1 heterocycles. The number of nitrogens with zero attached hydrogens (tertiary/aromatic N) is 1. The van der Waals surface area contributed by atoms with E-state index in [-0.39, 0.29) is 10.7 Å². The highest BCUT2D eigenvalue weighted by Crippen LogP contribution is 2.37. The van der Waals surface area contributed by atoms with Crippen molar-refractivity contribution in [3.63, 3.8) is 0 Å². The Morgan fingerprint density at radius 1 is 1.14 bits per heavy atom. The molecule has 0 unspecified atom stereocenters. The number of carbonyl (C=O) groups excluding carboxylic acids is 1. The van der Waals surface area contributed by atoms with Crippen molar-refractivity contribution in [1.29, 1.82) is 0 Å². The molecule has 0 radical (unpaired) electrons. The first-order chi connectivity index (χ1) is 13.2. The van der Waals surface area contributed by atoms with Gasteiger partial charge in [-0.05, 0) is 61.7 Å². The van der Waals surface area contributed by atoms with Gasteiger partial charge in [0.2, 0.25) is 0 Å². The van der Waals surface area contributed by atoms with Crippen LogP contribution in [0.15, 0.2) is 36.4 Å². The first kappa shape index (κ1) is 20.3. The Bertz CT molecular complexity index is 1050. The average Bonchev–Trinajstić information content (AvgIpc) is 2.93. The molecule has 148 valence electrons. The summed E-state index contributed by atoms with van der Waals surface area (Å²) < 4.78 is 41.8. The van der Waals surface area contributed by atoms with Gasteiger partial charge in [0, 0.05) is 22.5 Å². The highest BCUT2D eigenvalue weighted by molar-refractivity contribution is 6.30. The molecule has 0 aliphatic heterocycles. The van der Waals surface area contributed by atoms with Crippen LogP contribution in [-0.4, -0.2) is 10.5 Å². The fourth-order valence-electron chi connectivity index (χ4n) is 3.45. The largest absolute Gasteiger partial charge is 0.418 e.